The Morgan fingerprint density at radius 3 is 2.73 bits per heavy atom. The monoisotopic (exact) mass is 372 g/mol. The van der Waals surface area contributed by atoms with E-state index in [9.17, 15) is 14.0 Å². The number of hydrogen-bond donors (Lipinski definition) is 0. The van der Waals surface area contributed by atoms with Gasteiger partial charge in [-0.15, -0.1) is 0 Å². The molecule has 1 spiro atoms. The second-order valence-electron chi connectivity index (χ2n) is 7.36. The van der Waals surface area contributed by atoms with E-state index in [-0.39, 0.29) is 23.0 Å². The summed E-state index contributed by atoms with van der Waals surface area (Å²) in [5.74, 6) is -0.0574. The summed E-state index contributed by atoms with van der Waals surface area (Å²) in [4.78, 5) is 28.7. The molecule has 2 saturated heterocycles. The zero-order valence-corrected chi connectivity index (χ0v) is 15.3. The Kier molecular flexibility index (Phi) is 4.53. The smallest absolute Gasteiger partial charge is 0.254 e. The fourth-order valence-corrected chi connectivity index (χ4v) is 4.70. The molecule has 4 rings (SSSR count). The van der Waals surface area contributed by atoms with Gasteiger partial charge in [0, 0.05) is 43.4 Å². The number of hydrogen-bond acceptors (Lipinski definition) is 3. The summed E-state index contributed by atoms with van der Waals surface area (Å²) in [5, 5.41) is 3.80. The second-order valence-corrected chi connectivity index (χ2v) is 8.14. The van der Waals surface area contributed by atoms with E-state index in [1.807, 2.05) is 32.7 Å². The van der Waals surface area contributed by atoms with Crippen LogP contribution < -0.4 is 0 Å². The zero-order chi connectivity index (χ0) is 18.1. The van der Waals surface area contributed by atoms with Crippen molar-refractivity contribution in [1.82, 2.24) is 9.80 Å². The van der Waals surface area contributed by atoms with Crippen LogP contribution in [0.1, 0.15) is 35.2 Å². The summed E-state index contributed by atoms with van der Waals surface area (Å²) in [5.41, 5.74) is 1.53. The lowest BCUT2D eigenvalue weighted by molar-refractivity contribution is -0.128. The maximum absolute atomic E-state index is 13.4. The molecule has 0 unspecified atom stereocenters. The molecular formula is C20H21FN2O2S. The van der Waals surface area contributed by atoms with Gasteiger partial charge >= 0.3 is 0 Å². The highest BCUT2D eigenvalue weighted by atomic mass is 32.1. The fraction of sp³-hybridized carbons (Fsp3) is 0.400. The second kappa shape index (κ2) is 6.83. The minimum atomic E-state index is -0.274. The number of rotatable bonds is 3. The Labute approximate surface area is 156 Å². The molecule has 2 amide bonds. The number of nitrogens with zero attached hydrogens (tertiary/aromatic N) is 2. The summed E-state index contributed by atoms with van der Waals surface area (Å²) in [7, 11) is 0. The van der Waals surface area contributed by atoms with Crippen LogP contribution in [-0.2, 0) is 11.3 Å². The number of halogens is 1. The van der Waals surface area contributed by atoms with Crippen molar-refractivity contribution in [3.05, 3.63) is 58.0 Å². The predicted octanol–water partition coefficient (Wildman–Crippen LogP) is 3.54. The average Bonchev–Trinajstić information content (AvgIpc) is 3.24. The maximum Gasteiger partial charge on any atom is 0.254 e. The number of likely N-dealkylation sites (tertiary alicyclic amines) is 2. The molecule has 26 heavy (non-hydrogen) atoms. The van der Waals surface area contributed by atoms with Crippen molar-refractivity contribution in [3.8, 4) is 0 Å². The van der Waals surface area contributed by atoms with Crippen molar-refractivity contribution in [3.63, 3.8) is 0 Å². The Hall–Kier alpha value is -2.21. The summed E-state index contributed by atoms with van der Waals surface area (Å²) in [6, 6.07) is 8.29. The predicted molar refractivity (Wildman–Crippen MR) is 98.3 cm³/mol. The molecule has 1 aromatic carbocycles. The lowest BCUT2D eigenvalue weighted by Gasteiger charge is -2.38. The molecule has 2 aromatic rings. The Morgan fingerprint density at radius 2 is 2.04 bits per heavy atom. The molecule has 0 atom stereocenters. The van der Waals surface area contributed by atoms with Gasteiger partial charge in [0.2, 0.25) is 5.91 Å². The van der Waals surface area contributed by atoms with Gasteiger partial charge in [0.25, 0.3) is 5.91 Å². The largest absolute Gasteiger partial charge is 0.339 e. The molecule has 0 bridgehead atoms. The number of benzene rings is 1. The Balaban J connectivity index is 1.38. The third kappa shape index (κ3) is 3.38. The highest BCUT2D eigenvalue weighted by Crippen LogP contribution is 2.41. The fourth-order valence-electron chi connectivity index (χ4n) is 4.07. The molecule has 2 aliphatic rings. The van der Waals surface area contributed by atoms with Crippen LogP contribution in [0, 0.1) is 11.2 Å². The Bertz CT molecular complexity index is 813. The van der Waals surface area contributed by atoms with E-state index in [0.29, 0.717) is 32.6 Å². The van der Waals surface area contributed by atoms with Crippen molar-refractivity contribution < 1.29 is 14.0 Å². The van der Waals surface area contributed by atoms with Crippen molar-refractivity contribution in [2.75, 3.05) is 19.6 Å². The minimum Gasteiger partial charge on any atom is -0.339 e. The van der Waals surface area contributed by atoms with Crippen LogP contribution in [0.15, 0.2) is 41.1 Å². The van der Waals surface area contributed by atoms with Gasteiger partial charge in [0.05, 0.1) is 5.56 Å². The van der Waals surface area contributed by atoms with Crippen LogP contribution in [0.4, 0.5) is 4.39 Å². The van der Waals surface area contributed by atoms with Crippen molar-refractivity contribution in [1.29, 1.82) is 0 Å². The van der Waals surface area contributed by atoms with E-state index in [4.69, 9.17) is 0 Å². The van der Waals surface area contributed by atoms with Crippen molar-refractivity contribution >= 4 is 23.2 Å². The molecular weight excluding hydrogens is 351 g/mol. The highest BCUT2D eigenvalue weighted by Gasteiger charge is 2.45. The molecule has 2 aliphatic heterocycles. The van der Waals surface area contributed by atoms with Gasteiger partial charge in [-0.1, -0.05) is 12.1 Å². The SMILES string of the molecule is O=C1CC2(CCN(C(=O)c3ccsc3)CC2)CN1Cc1cccc(F)c1. The lowest BCUT2D eigenvalue weighted by atomic mass is 9.77. The standard InChI is InChI=1S/C20H21FN2O2S/c21-17-3-1-2-15(10-17)12-23-14-20(11-18(23)24)5-7-22(8-6-20)19(25)16-4-9-26-13-16/h1-4,9-10,13H,5-8,11-12,14H2. The molecule has 0 aliphatic carbocycles. The number of carbonyl (C=O) groups is 2. The van der Waals surface area contributed by atoms with E-state index in [1.165, 1.54) is 23.5 Å². The van der Waals surface area contributed by atoms with E-state index in [0.717, 1.165) is 24.0 Å². The van der Waals surface area contributed by atoms with Crippen molar-refractivity contribution in [2.45, 2.75) is 25.8 Å². The number of thiophene rings is 1. The average molecular weight is 372 g/mol. The topological polar surface area (TPSA) is 40.6 Å². The van der Waals surface area contributed by atoms with E-state index >= 15 is 0 Å². The molecule has 4 nitrogen and oxygen atoms in total. The molecule has 6 heteroatoms. The molecule has 3 heterocycles. The first kappa shape index (κ1) is 17.2. The van der Waals surface area contributed by atoms with Gasteiger partial charge in [-0.2, -0.15) is 11.3 Å². The third-order valence-electron chi connectivity index (χ3n) is 5.55. The van der Waals surface area contributed by atoms with Gasteiger partial charge in [-0.05, 0) is 42.0 Å². The van der Waals surface area contributed by atoms with E-state index in [1.54, 1.807) is 6.07 Å². The van der Waals surface area contributed by atoms with E-state index < -0.39 is 0 Å². The maximum atomic E-state index is 13.4. The third-order valence-corrected chi connectivity index (χ3v) is 6.23. The van der Waals surface area contributed by atoms with Crippen LogP contribution in [0.3, 0.4) is 0 Å². The van der Waals surface area contributed by atoms with Crippen molar-refractivity contribution in [2.24, 2.45) is 5.41 Å². The first-order valence-corrected chi connectivity index (χ1v) is 9.83. The normalized spacial score (nSPS) is 19.3. The van der Waals surface area contributed by atoms with Crippen LogP contribution >= 0.6 is 11.3 Å². The number of amides is 2. The van der Waals surface area contributed by atoms with Gasteiger partial charge in [-0.3, -0.25) is 9.59 Å². The highest BCUT2D eigenvalue weighted by molar-refractivity contribution is 7.08. The number of piperidine rings is 1. The first-order chi connectivity index (χ1) is 12.5. The number of carbonyl (C=O) groups excluding carboxylic acids is 2. The molecule has 1 aromatic heterocycles. The van der Waals surface area contributed by atoms with Crippen LogP contribution in [-0.4, -0.2) is 41.2 Å². The van der Waals surface area contributed by atoms with Gasteiger partial charge in [0.15, 0.2) is 0 Å². The van der Waals surface area contributed by atoms with Crippen LogP contribution in [0.2, 0.25) is 0 Å². The van der Waals surface area contributed by atoms with E-state index in [2.05, 4.69) is 0 Å². The first-order valence-electron chi connectivity index (χ1n) is 8.88. The molecule has 0 saturated carbocycles. The molecule has 136 valence electrons. The lowest BCUT2D eigenvalue weighted by Crippen LogP contribution is -2.44. The summed E-state index contributed by atoms with van der Waals surface area (Å²) < 4.78 is 13.4. The van der Waals surface area contributed by atoms with Gasteiger partial charge in [0.1, 0.15) is 5.82 Å². The molecule has 0 radical (unpaired) electrons. The summed E-state index contributed by atoms with van der Waals surface area (Å²) in [6.07, 6.45) is 2.21. The molecule has 0 N–H and O–H groups in total. The molecule has 2 fully saturated rings. The van der Waals surface area contributed by atoms with Gasteiger partial charge < -0.3 is 9.80 Å². The quantitative estimate of drug-likeness (QED) is 0.827. The van der Waals surface area contributed by atoms with Crippen LogP contribution in [0.5, 0.6) is 0 Å². The summed E-state index contributed by atoms with van der Waals surface area (Å²) in [6.45, 7) is 2.53. The van der Waals surface area contributed by atoms with Gasteiger partial charge in [-0.25, -0.2) is 4.39 Å². The summed E-state index contributed by atoms with van der Waals surface area (Å²) >= 11 is 1.53. The minimum absolute atomic E-state index is 0.0458. The Morgan fingerprint density at radius 1 is 1.23 bits per heavy atom. The zero-order valence-electron chi connectivity index (χ0n) is 14.5. The van der Waals surface area contributed by atoms with Crippen LogP contribution in [0.25, 0.3) is 0 Å².